The summed E-state index contributed by atoms with van der Waals surface area (Å²) in [5.41, 5.74) is -0.621. The van der Waals surface area contributed by atoms with Gasteiger partial charge in [0.1, 0.15) is 22.8 Å². The largest absolute Gasteiger partial charge is 0.426 e. The minimum Gasteiger partial charge on any atom is -0.426 e. The van der Waals surface area contributed by atoms with E-state index in [1.165, 1.54) is 18.2 Å². The highest BCUT2D eigenvalue weighted by Gasteiger charge is 2.15. The van der Waals surface area contributed by atoms with Gasteiger partial charge in [0.25, 0.3) is 5.91 Å². The second kappa shape index (κ2) is 6.62. The maximum atomic E-state index is 11.9. The fourth-order valence-corrected chi connectivity index (χ4v) is 1.87. The summed E-state index contributed by atoms with van der Waals surface area (Å²) in [5, 5.41) is 3.17. The summed E-state index contributed by atoms with van der Waals surface area (Å²) in [6, 6.07) is 5.84. The van der Waals surface area contributed by atoms with Crippen molar-refractivity contribution in [2.24, 2.45) is 0 Å². The van der Waals surface area contributed by atoms with Gasteiger partial charge in [0.2, 0.25) is 0 Å². The summed E-state index contributed by atoms with van der Waals surface area (Å²) in [5.74, 6) is -1.18. The zero-order chi connectivity index (χ0) is 16.3. The van der Waals surface area contributed by atoms with Gasteiger partial charge in [-0.15, -0.1) is 11.6 Å². The number of hydrogen-bond acceptors (Lipinski definition) is 5. The SMILES string of the molecule is CC(C)NC(=O)c1cc2ccc(OC(=O)CCl)cc2oc1=O. The number of nitrogens with one attached hydrogen (secondary N) is 1. The van der Waals surface area contributed by atoms with Crippen LogP contribution in [0.1, 0.15) is 24.2 Å². The van der Waals surface area contributed by atoms with Gasteiger partial charge in [0.15, 0.2) is 0 Å². The van der Waals surface area contributed by atoms with Crippen LogP contribution < -0.4 is 15.7 Å². The molecular formula is C15H14ClNO5. The third-order valence-electron chi connectivity index (χ3n) is 2.71. The molecule has 1 aromatic carbocycles. The van der Waals surface area contributed by atoms with Crippen molar-refractivity contribution in [2.75, 3.05) is 5.88 Å². The Morgan fingerprint density at radius 3 is 2.68 bits per heavy atom. The smallest absolute Gasteiger partial charge is 0.349 e. The number of benzene rings is 1. The molecule has 0 atom stereocenters. The average molecular weight is 324 g/mol. The van der Waals surface area contributed by atoms with Crippen LogP contribution in [-0.4, -0.2) is 23.8 Å². The van der Waals surface area contributed by atoms with E-state index in [4.69, 9.17) is 20.8 Å². The van der Waals surface area contributed by atoms with E-state index in [0.717, 1.165) is 0 Å². The Bertz CT molecular complexity index is 781. The third-order valence-corrected chi connectivity index (χ3v) is 2.93. The number of carbonyl (C=O) groups excluding carboxylic acids is 2. The first-order chi connectivity index (χ1) is 10.4. The van der Waals surface area contributed by atoms with E-state index in [1.54, 1.807) is 19.9 Å². The molecule has 22 heavy (non-hydrogen) atoms. The van der Waals surface area contributed by atoms with E-state index in [1.807, 2.05) is 0 Å². The maximum Gasteiger partial charge on any atom is 0.349 e. The molecule has 0 spiro atoms. The zero-order valence-electron chi connectivity index (χ0n) is 12.0. The summed E-state index contributed by atoms with van der Waals surface area (Å²) in [7, 11) is 0. The van der Waals surface area contributed by atoms with Gasteiger partial charge in [-0.3, -0.25) is 9.59 Å². The van der Waals surface area contributed by atoms with Gasteiger partial charge in [-0.1, -0.05) is 0 Å². The average Bonchev–Trinajstić information content (AvgIpc) is 2.45. The Balaban J connectivity index is 2.40. The molecule has 1 amide bonds. The Morgan fingerprint density at radius 2 is 2.05 bits per heavy atom. The van der Waals surface area contributed by atoms with Crippen LogP contribution in [0.2, 0.25) is 0 Å². The van der Waals surface area contributed by atoms with Crippen molar-refractivity contribution in [1.82, 2.24) is 5.32 Å². The molecule has 0 unspecified atom stereocenters. The monoisotopic (exact) mass is 323 g/mol. The third kappa shape index (κ3) is 3.65. The molecule has 0 radical (unpaired) electrons. The van der Waals surface area contributed by atoms with Gasteiger partial charge in [-0.2, -0.15) is 0 Å². The molecule has 0 bridgehead atoms. The van der Waals surface area contributed by atoms with Crippen LogP contribution in [0.4, 0.5) is 0 Å². The van der Waals surface area contributed by atoms with Crippen molar-refractivity contribution in [3.05, 3.63) is 40.2 Å². The van der Waals surface area contributed by atoms with E-state index in [9.17, 15) is 14.4 Å². The van der Waals surface area contributed by atoms with Crippen LogP contribution in [0.5, 0.6) is 5.75 Å². The van der Waals surface area contributed by atoms with Crippen LogP contribution in [0.3, 0.4) is 0 Å². The quantitative estimate of drug-likeness (QED) is 0.403. The number of alkyl halides is 1. The lowest BCUT2D eigenvalue weighted by Gasteiger charge is -2.08. The number of ether oxygens (including phenoxy) is 1. The highest BCUT2D eigenvalue weighted by atomic mass is 35.5. The highest BCUT2D eigenvalue weighted by molar-refractivity contribution is 6.26. The Labute approximate surface area is 131 Å². The van der Waals surface area contributed by atoms with Crippen molar-refractivity contribution >= 4 is 34.4 Å². The van der Waals surface area contributed by atoms with Crippen molar-refractivity contribution in [3.8, 4) is 5.75 Å². The Hall–Kier alpha value is -2.34. The molecular weight excluding hydrogens is 310 g/mol. The molecule has 0 aliphatic carbocycles. The molecule has 116 valence electrons. The van der Waals surface area contributed by atoms with Crippen molar-refractivity contribution in [2.45, 2.75) is 19.9 Å². The minimum atomic E-state index is -0.758. The molecule has 2 rings (SSSR count). The van der Waals surface area contributed by atoms with Gasteiger partial charge >= 0.3 is 11.6 Å². The number of halogens is 1. The highest BCUT2D eigenvalue weighted by Crippen LogP contribution is 2.20. The lowest BCUT2D eigenvalue weighted by Crippen LogP contribution is -2.33. The standard InChI is InChI=1S/C15H14ClNO5/c1-8(2)17-14(19)11-5-9-3-4-10(21-13(18)7-16)6-12(9)22-15(11)20/h3-6,8H,7H2,1-2H3,(H,17,19). The molecule has 2 aromatic rings. The first-order valence-corrected chi connectivity index (χ1v) is 7.09. The molecule has 1 heterocycles. The molecule has 0 saturated carbocycles. The van der Waals surface area contributed by atoms with Crippen molar-refractivity contribution < 1.29 is 18.7 Å². The zero-order valence-corrected chi connectivity index (χ0v) is 12.8. The summed E-state index contributed by atoms with van der Waals surface area (Å²) in [4.78, 5) is 34.9. The molecule has 1 N–H and O–H groups in total. The topological polar surface area (TPSA) is 85.6 Å². The summed E-state index contributed by atoms with van der Waals surface area (Å²) < 4.78 is 10.0. The van der Waals surface area contributed by atoms with Crippen LogP contribution in [0.15, 0.2) is 33.5 Å². The summed E-state index contributed by atoms with van der Waals surface area (Å²) in [6.45, 7) is 3.58. The van der Waals surface area contributed by atoms with Crippen LogP contribution in [-0.2, 0) is 4.79 Å². The fourth-order valence-electron chi connectivity index (χ4n) is 1.81. The molecule has 0 fully saturated rings. The van der Waals surface area contributed by atoms with Crippen molar-refractivity contribution in [3.63, 3.8) is 0 Å². The van der Waals surface area contributed by atoms with Crippen LogP contribution in [0.25, 0.3) is 11.0 Å². The Kier molecular flexibility index (Phi) is 4.82. The fraction of sp³-hybridized carbons (Fsp3) is 0.267. The number of amides is 1. The number of carbonyl (C=O) groups is 2. The summed E-state index contributed by atoms with van der Waals surface area (Å²) >= 11 is 5.35. The number of rotatable bonds is 4. The molecule has 1 aromatic heterocycles. The maximum absolute atomic E-state index is 11.9. The van der Waals surface area contributed by atoms with Gasteiger partial charge < -0.3 is 14.5 Å². The second-order valence-electron chi connectivity index (χ2n) is 4.88. The summed E-state index contributed by atoms with van der Waals surface area (Å²) in [6.07, 6.45) is 0. The van der Waals surface area contributed by atoms with Crippen LogP contribution in [0, 0.1) is 0 Å². The van der Waals surface area contributed by atoms with Gasteiger partial charge in [0.05, 0.1) is 0 Å². The van der Waals surface area contributed by atoms with Gasteiger partial charge in [0, 0.05) is 17.5 Å². The molecule has 7 heteroatoms. The molecule has 0 saturated heterocycles. The lowest BCUT2D eigenvalue weighted by molar-refractivity contribution is -0.131. The number of esters is 1. The van der Waals surface area contributed by atoms with E-state index >= 15 is 0 Å². The van der Waals surface area contributed by atoms with Gasteiger partial charge in [-0.05, 0) is 32.0 Å². The van der Waals surface area contributed by atoms with E-state index < -0.39 is 17.5 Å². The molecule has 0 aliphatic rings. The lowest BCUT2D eigenvalue weighted by atomic mass is 10.1. The predicted octanol–water partition coefficient (Wildman–Crippen LogP) is 2.08. The molecule has 6 nitrogen and oxygen atoms in total. The number of fused-ring (bicyclic) bond motifs is 1. The van der Waals surface area contributed by atoms with Crippen LogP contribution >= 0.6 is 11.6 Å². The van der Waals surface area contributed by atoms with Gasteiger partial charge in [-0.25, -0.2) is 4.79 Å². The predicted molar refractivity (Wildman–Crippen MR) is 81.4 cm³/mol. The van der Waals surface area contributed by atoms with E-state index in [2.05, 4.69) is 5.32 Å². The van der Waals surface area contributed by atoms with Crippen molar-refractivity contribution in [1.29, 1.82) is 0 Å². The van der Waals surface area contributed by atoms with E-state index in [0.29, 0.717) is 5.39 Å². The minimum absolute atomic E-state index is 0.0771. The molecule has 0 aliphatic heterocycles. The Morgan fingerprint density at radius 1 is 1.32 bits per heavy atom. The first kappa shape index (κ1) is 16.0. The number of hydrogen-bond donors (Lipinski definition) is 1. The second-order valence-corrected chi connectivity index (χ2v) is 5.15. The normalized spacial score (nSPS) is 10.7. The first-order valence-electron chi connectivity index (χ1n) is 6.56. The van der Waals surface area contributed by atoms with E-state index in [-0.39, 0.29) is 28.8 Å².